The Morgan fingerprint density at radius 3 is 2.47 bits per heavy atom. The Hall–Kier alpha value is -2.28. The number of aliphatic imine (C=N–C) groups is 1. The summed E-state index contributed by atoms with van der Waals surface area (Å²) in [5.41, 5.74) is 2.13. The maximum atomic E-state index is 12.4. The lowest BCUT2D eigenvalue weighted by molar-refractivity contribution is 0.0137. The Bertz CT molecular complexity index is 737. The number of benzene rings is 1. The van der Waals surface area contributed by atoms with E-state index in [-0.39, 0.29) is 12.1 Å². The van der Waals surface area contributed by atoms with E-state index < -0.39 is 5.60 Å². The van der Waals surface area contributed by atoms with Crippen LogP contribution in [0.15, 0.2) is 29.3 Å². The van der Waals surface area contributed by atoms with Crippen LogP contribution in [-0.4, -0.2) is 77.7 Å². The summed E-state index contributed by atoms with van der Waals surface area (Å²) in [7, 11) is 0. The Morgan fingerprint density at radius 1 is 1.17 bits per heavy atom. The van der Waals surface area contributed by atoms with Crippen molar-refractivity contribution < 1.29 is 9.53 Å². The number of carbonyl (C=O) groups excluding carboxylic acids is 1. The van der Waals surface area contributed by atoms with Crippen LogP contribution < -0.4 is 5.32 Å². The molecule has 1 fully saturated rings. The number of carbonyl (C=O) groups is 1. The first-order chi connectivity index (χ1) is 14.3. The van der Waals surface area contributed by atoms with E-state index in [1.54, 1.807) is 4.90 Å². The minimum atomic E-state index is -0.464. The SMILES string of the molecule is CCN(CC)Cc1ccc(CNC2=NCC3CN(C(=O)OC(C)(C)C)CCN23)cc1. The number of fused-ring (bicyclic) bond motifs is 1. The monoisotopic (exact) mass is 415 g/mol. The average molecular weight is 416 g/mol. The quantitative estimate of drug-likeness (QED) is 0.774. The third-order valence-electron chi connectivity index (χ3n) is 5.63. The Labute approximate surface area is 181 Å². The van der Waals surface area contributed by atoms with E-state index in [9.17, 15) is 4.79 Å². The summed E-state index contributed by atoms with van der Waals surface area (Å²) in [5, 5.41) is 3.49. The van der Waals surface area contributed by atoms with Crippen LogP contribution in [0.1, 0.15) is 45.7 Å². The number of rotatable bonds is 6. The highest BCUT2D eigenvalue weighted by atomic mass is 16.6. The van der Waals surface area contributed by atoms with E-state index in [1.807, 2.05) is 20.8 Å². The van der Waals surface area contributed by atoms with Crippen LogP contribution in [0.5, 0.6) is 0 Å². The van der Waals surface area contributed by atoms with Crippen molar-refractivity contribution in [2.45, 2.75) is 59.4 Å². The molecule has 2 heterocycles. The Morgan fingerprint density at radius 2 is 1.83 bits per heavy atom. The van der Waals surface area contributed by atoms with Gasteiger partial charge in [0.2, 0.25) is 0 Å². The molecule has 3 rings (SSSR count). The van der Waals surface area contributed by atoms with Crippen LogP contribution in [0.25, 0.3) is 0 Å². The van der Waals surface area contributed by atoms with E-state index >= 15 is 0 Å². The second-order valence-corrected chi connectivity index (χ2v) is 9.07. The number of amides is 1. The highest BCUT2D eigenvalue weighted by Crippen LogP contribution is 2.19. The maximum Gasteiger partial charge on any atom is 0.410 e. The van der Waals surface area contributed by atoms with Crippen molar-refractivity contribution >= 4 is 12.1 Å². The summed E-state index contributed by atoms with van der Waals surface area (Å²) in [6.07, 6.45) is -0.228. The van der Waals surface area contributed by atoms with Gasteiger partial charge in [-0.15, -0.1) is 0 Å². The standard InChI is InChI=1S/C23H37N5O2/c1-6-26(7-2)16-19-10-8-18(9-11-19)14-24-21-25-15-20-17-27(12-13-28(20)21)22(29)30-23(3,4)5/h8-11,20H,6-7,12-17H2,1-5H3,(H,24,25). The average Bonchev–Trinajstić information content (AvgIpc) is 3.12. The fraction of sp³-hybridized carbons (Fsp3) is 0.652. The molecular weight excluding hydrogens is 378 g/mol. The van der Waals surface area contributed by atoms with Gasteiger partial charge in [0, 0.05) is 32.7 Å². The van der Waals surface area contributed by atoms with Gasteiger partial charge in [0.05, 0.1) is 12.6 Å². The van der Waals surface area contributed by atoms with Gasteiger partial charge in [-0.3, -0.25) is 9.89 Å². The third kappa shape index (κ3) is 5.88. The lowest BCUT2D eigenvalue weighted by Crippen LogP contribution is -2.57. The number of nitrogens with zero attached hydrogens (tertiary/aromatic N) is 4. The van der Waals surface area contributed by atoms with Crippen molar-refractivity contribution in [1.82, 2.24) is 20.0 Å². The van der Waals surface area contributed by atoms with Crippen molar-refractivity contribution in [2.75, 3.05) is 39.3 Å². The second-order valence-electron chi connectivity index (χ2n) is 9.07. The van der Waals surface area contributed by atoms with Gasteiger partial charge in [-0.1, -0.05) is 38.1 Å². The fourth-order valence-electron chi connectivity index (χ4n) is 3.87. The zero-order valence-electron chi connectivity index (χ0n) is 19.1. The molecule has 1 N–H and O–H groups in total. The smallest absolute Gasteiger partial charge is 0.410 e. The van der Waals surface area contributed by atoms with Gasteiger partial charge in [-0.2, -0.15) is 0 Å². The maximum absolute atomic E-state index is 12.4. The van der Waals surface area contributed by atoms with E-state index in [1.165, 1.54) is 11.1 Å². The molecule has 2 aliphatic heterocycles. The number of ether oxygens (including phenoxy) is 1. The molecule has 0 radical (unpaired) electrons. The van der Waals surface area contributed by atoms with E-state index in [0.29, 0.717) is 19.6 Å². The normalized spacial score (nSPS) is 19.0. The van der Waals surface area contributed by atoms with Gasteiger partial charge < -0.3 is 19.9 Å². The molecule has 1 amide bonds. The lowest BCUT2D eigenvalue weighted by Gasteiger charge is -2.39. The summed E-state index contributed by atoms with van der Waals surface area (Å²) in [4.78, 5) is 23.6. The number of hydrogen-bond acceptors (Lipinski definition) is 6. The number of piperazine rings is 1. The molecule has 1 aromatic carbocycles. The van der Waals surface area contributed by atoms with Crippen LogP contribution in [0.3, 0.4) is 0 Å². The first-order valence-electron chi connectivity index (χ1n) is 11.1. The van der Waals surface area contributed by atoms with Crippen molar-refractivity contribution in [1.29, 1.82) is 0 Å². The van der Waals surface area contributed by atoms with Crippen LogP contribution >= 0.6 is 0 Å². The summed E-state index contributed by atoms with van der Waals surface area (Å²) < 4.78 is 5.52. The molecular formula is C23H37N5O2. The molecule has 30 heavy (non-hydrogen) atoms. The Balaban J connectivity index is 1.47. The van der Waals surface area contributed by atoms with Gasteiger partial charge in [0.15, 0.2) is 5.96 Å². The predicted octanol–water partition coefficient (Wildman–Crippen LogP) is 2.91. The molecule has 7 nitrogen and oxygen atoms in total. The van der Waals surface area contributed by atoms with Crippen LogP contribution in [0, 0.1) is 0 Å². The van der Waals surface area contributed by atoms with Gasteiger partial charge in [-0.25, -0.2) is 4.79 Å². The van der Waals surface area contributed by atoms with Gasteiger partial charge in [0.1, 0.15) is 5.60 Å². The van der Waals surface area contributed by atoms with Gasteiger partial charge in [-0.05, 0) is 45.0 Å². The summed E-state index contributed by atoms with van der Waals surface area (Å²) in [5.74, 6) is 0.941. The molecule has 7 heteroatoms. The second kappa shape index (κ2) is 9.69. The lowest BCUT2D eigenvalue weighted by atomic mass is 10.1. The van der Waals surface area contributed by atoms with Crippen LogP contribution in [-0.2, 0) is 17.8 Å². The highest BCUT2D eigenvalue weighted by molar-refractivity contribution is 5.82. The zero-order chi connectivity index (χ0) is 21.7. The fourth-order valence-corrected chi connectivity index (χ4v) is 3.87. The van der Waals surface area contributed by atoms with E-state index in [2.05, 4.69) is 58.2 Å². The van der Waals surface area contributed by atoms with Crippen molar-refractivity contribution in [3.05, 3.63) is 35.4 Å². The first kappa shape index (κ1) is 22.4. The third-order valence-corrected chi connectivity index (χ3v) is 5.63. The molecule has 2 aliphatic rings. The van der Waals surface area contributed by atoms with E-state index in [0.717, 1.165) is 38.7 Å². The minimum absolute atomic E-state index is 0.227. The highest BCUT2D eigenvalue weighted by Gasteiger charge is 2.36. The van der Waals surface area contributed by atoms with Crippen LogP contribution in [0.2, 0.25) is 0 Å². The zero-order valence-corrected chi connectivity index (χ0v) is 19.1. The van der Waals surface area contributed by atoms with E-state index in [4.69, 9.17) is 4.74 Å². The van der Waals surface area contributed by atoms with Crippen molar-refractivity contribution in [3.8, 4) is 0 Å². The van der Waals surface area contributed by atoms with Gasteiger partial charge >= 0.3 is 6.09 Å². The summed E-state index contributed by atoms with van der Waals surface area (Å²) >= 11 is 0. The minimum Gasteiger partial charge on any atom is -0.444 e. The largest absolute Gasteiger partial charge is 0.444 e. The summed E-state index contributed by atoms with van der Waals surface area (Å²) in [6.45, 7) is 16.8. The molecule has 0 aliphatic carbocycles. The molecule has 1 unspecified atom stereocenters. The molecule has 1 aromatic rings. The van der Waals surface area contributed by atoms with Crippen molar-refractivity contribution in [2.24, 2.45) is 4.99 Å². The molecule has 0 spiro atoms. The molecule has 1 saturated heterocycles. The predicted molar refractivity (Wildman–Crippen MR) is 121 cm³/mol. The number of nitrogens with one attached hydrogen (secondary N) is 1. The molecule has 0 bridgehead atoms. The molecule has 1 atom stereocenters. The molecule has 0 aromatic heterocycles. The van der Waals surface area contributed by atoms with Crippen LogP contribution in [0.4, 0.5) is 4.79 Å². The Kier molecular flexibility index (Phi) is 7.23. The van der Waals surface area contributed by atoms with Gasteiger partial charge in [0.25, 0.3) is 0 Å². The molecule has 166 valence electrons. The number of hydrogen-bond donors (Lipinski definition) is 1. The number of guanidine groups is 1. The first-order valence-corrected chi connectivity index (χ1v) is 11.1. The van der Waals surface area contributed by atoms with Crippen molar-refractivity contribution in [3.63, 3.8) is 0 Å². The summed E-state index contributed by atoms with van der Waals surface area (Å²) in [6, 6.07) is 9.05. The topological polar surface area (TPSA) is 60.4 Å². The molecule has 0 saturated carbocycles.